The maximum absolute atomic E-state index is 12.0. The summed E-state index contributed by atoms with van der Waals surface area (Å²) in [4.78, 5) is 24.7. The molecule has 1 saturated heterocycles. The van der Waals surface area contributed by atoms with Gasteiger partial charge in [0.1, 0.15) is 12.5 Å². The van der Waals surface area contributed by atoms with E-state index < -0.39 is 0 Å². The molecule has 0 bridgehead atoms. The lowest BCUT2D eigenvalue weighted by molar-refractivity contribution is 0.0907. The summed E-state index contributed by atoms with van der Waals surface area (Å²) in [5.74, 6) is 2.03. The number of benzene rings is 1. The molecule has 3 rings (SSSR count). The zero-order valence-corrected chi connectivity index (χ0v) is 11.3. The number of likely N-dealkylation sites (tertiary alicyclic amines) is 1. The molecule has 2 fully saturated rings. The van der Waals surface area contributed by atoms with Gasteiger partial charge in [-0.2, -0.15) is 0 Å². The van der Waals surface area contributed by atoms with Gasteiger partial charge in [0.2, 0.25) is 0 Å². The Balaban J connectivity index is 1.57. The summed E-state index contributed by atoms with van der Waals surface area (Å²) < 4.78 is 5.29. The molecule has 0 atom stereocenters. The third-order valence-electron chi connectivity index (χ3n) is 4.29. The quantitative estimate of drug-likeness (QED) is 0.777. The number of amides is 1. The highest BCUT2D eigenvalue weighted by atomic mass is 16.6. The minimum Gasteiger partial charge on any atom is -0.445 e. The van der Waals surface area contributed by atoms with E-state index in [2.05, 4.69) is 0 Å². The van der Waals surface area contributed by atoms with Gasteiger partial charge in [0, 0.05) is 17.5 Å². The van der Waals surface area contributed by atoms with Crippen molar-refractivity contribution in [1.29, 1.82) is 0 Å². The Morgan fingerprint density at radius 1 is 1.25 bits per heavy atom. The van der Waals surface area contributed by atoms with Crippen LogP contribution < -0.4 is 0 Å². The Kier molecular flexibility index (Phi) is 3.33. The molecule has 1 aliphatic heterocycles. The number of hydrogen-bond donors (Lipinski definition) is 0. The standard InChI is InChI=1S/C16H17NO3/c18-11-14-10-17(9-8-16(14)6-7-16)15(19)20-12-13-4-2-1-3-5-13/h1-5H,6-10,12H2. The van der Waals surface area contributed by atoms with Crippen LogP contribution >= 0.6 is 0 Å². The minimum absolute atomic E-state index is 0.0674. The average Bonchev–Trinajstić information content (AvgIpc) is 3.26. The molecule has 4 nitrogen and oxygen atoms in total. The monoisotopic (exact) mass is 271 g/mol. The van der Waals surface area contributed by atoms with Gasteiger partial charge >= 0.3 is 6.09 Å². The lowest BCUT2D eigenvalue weighted by atomic mass is 9.89. The molecule has 1 aromatic carbocycles. The first-order valence-corrected chi connectivity index (χ1v) is 6.94. The highest BCUT2D eigenvalue weighted by Gasteiger charge is 2.50. The van der Waals surface area contributed by atoms with Gasteiger partial charge in [0.05, 0.1) is 6.54 Å². The molecule has 0 radical (unpaired) electrons. The van der Waals surface area contributed by atoms with Crippen LogP contribution in [0.4, 0.5) is 4.79 Å². The van der Waals surface area contributed by atoms with E-state index in [4.69, 9.17) is 4.74 Å². The second-order valence-electron chi connectivity index (χ2n) is 5.57. The molecule has 0 N–H and O–H groups in total. The molecule has 2 aliphatic rings. The highest BCUT2D eigenvalue weighted by molar-refractivity contribution is 5.70. The van der Waals surface area contributed by atoms with E-state index >= 15 is 0 Å². The maximum atomic E-state index is 12.0. The largest absolute Gasteiger partial charge is 0.445 e. The number of piperidine rings is 1. The van der Waals surface area contributed by atoms with Gasteiger partial charge in [-0.25, -0.2) is 9.59 Å². The van der Waals surface area contributed by atoms with Crippen LogP contribution in [0.25, 0.3) is 0 Å². The number of nitrogens with zero attached hydrogens (tertiary/aromatic N) is 1. The van der Waals surface area contributed by atoms with Crippen molar-refractivity contribution in [2.75, 3.05) is 13.1 Å². The molecule has 1 aromatic rings. The van der Waals surface area contributed by atoms with E-state index in [0.29, 0.717) is 13.1 Å². The molecule has 104 valence electrons. The molecular formula is C16H17NO3. The number of carbonyl (C=O) groups excluding carboxylic acids is 2. The highest BCUT2D eigenvalue weighted by Crippen LogP contribution is 2.55. The number of hydrogen-bond acceptors (Lipinski definition) is 3. The summed E-state index contributed by atoms with van der Waals surface area (Å²) in [5, 5.41) is 0. The van der Waals surface area contributed by atoms with Crippen molar-refractivity contribution in [2.45, 2.75) is 25.9 Å². The van der Waals surface area contributed by atoms with Crippen molar-refractivity contribution >= 4 is 12.0 Å². The van der Waals surface area contributed by atoms with E-state index in [1.165, 1.54) is 0 Å². The summed E-state index contributed by atoms with van der Waals surface area (Å²) in [7, 11) is 0. The summed E-state index contributed by atoms with van der Waals surface area (Å²) in [6.07, 6.45) is 2.63. The Morgan fingerprint density at radius 2 is 2.00 bits per heavy atom. The van der Waals surface area contributed by atoms with Crippen LogP contribution in [0.3, 0.4) is 0 Å². The number of rotatable bonds is 2. The van der Waals surface area contributed by atoms with Gasteiger partial charge in [0.25, 0.3) is 0 Å². The van der Waals surface area contributed by atoms with Crippen LogP contribution in [0.15, 0.2) is 35.9 Å². The molecular weight excluding hydrogens is 254 g/mol. The van der Waals surface area contributed by atoms with Gasteiger partial charge < -0.3 is 9.64 Å². The van der Waals surface area contributed by atoms with Crippen LogP contribution in [-0.4, -0.2) is 30.0 Å². The molecule has 1 spiro atoms. The van der Waals surface area contributed by atoms with Gasteiger partial charge in [-0.15, -0.1) is 0 Å². The number of carbonyl (C=O) groups is 1. The fourth-order valence-corrected chi connectivity index (χ4v) is 2.75. The van der Waals surface area contributed by atoms with Crippen molar-refractivity contribution in [3.63, 3.8) is 0 Å². The van der Waals surface area contributed by atoms with E-state index in [9.17, 15) is 9.59 Å². The van der Waals surface area contributed by atoms with Gasteiger partial charge in [-0.05, 0) is 24.8 Å². The third kappa shape index (κ3) is 2.47. The van der Waals surface area contributed by atoms with Crippen LogP contribution in [-0.2, 0) is 16.1 Å². The first-order valence-electron chi connectivity index (χ1n) is 6.94. The van der Waals surface area contributed by atoms with Gasteiger partial charge in [0.15, 0.2) is 0 Å². The Bertz CT molecular complexity index is 556. The predicted octanol–water partition coefficient (Wildman–Crippen LogP) is 2.57. The van der Waals surface area contributed by atoms with Crippen LogP contribution in [0.5, 0.6) is 0 Å². The molecule has 4 heteroatoms. The average molecular weight is 271 g/mol. The van der Waals surface area contributed by atoms with E-state index in [-0.39, 0.29) is 18.1 Å². The normalized spacial score (nSPS) is 19.6. The second kappa shape index (κ2) is 5.14. The third-order valence-corrected chi connectivity index (χ3v) is 4.29. The summed E-state index contributed by atoms with van der Waals surface area (Å²) in [6.45, 7) is 1.30. The van der Waals surface area contributed by atoms with E-state index in [1.54, 1.807) is 4.90 Å². The zero-order valence-electron chi connectivity index (χ0n) is 11.3. The Labute approximate surface area is 118 Å². The van der Waals surface area contributed by atoms with Crippen molar-refractivity contribution in [3.8, 4) is 0 Å². The molecule has 20 heavy (non-hydrogen) atoms. The van der Waals surface area contributed by atoms with Crippen LogP contribution in [0.2, 0.25) is 0 Å². The molecule has 0 unspecified atom stereocenters. The van der Waals surface area contributed by atoms with Crippen molar-refractivity contribution in [2.24, 2.45) is 5.41 Å². The Morgan fingerprint density at radius 3 is 2.65 bits per heavy atom. The summed E-state index contributed by atoms with van der Waals surface area (Å²) in [5.41, 5.74) is 1.76. The lowest BCUT2D eigenvalue weighted by Crippen LogP contribution is -2.41. The lowest BCUT2D eigenvalue weighted by Gasteiger charge is -2.32. The second-order valence-corrected chi connectivity index (χ2v) is 5.57. The molecule has 1 aliphatic carbocycles. The van der Waals surface area contributed by atoms with Crippen LogP contribution in [0, 0.1) is 5.41 Å². The first kappa shape index (κ1) is 12.9. The minimum atomic E-state index is -0.350. The fraction of sp³-hybridized carbons (Fsp3) is 0.438. The van der Waals surface area contributed by atoms with Crippen LogP contribution in [0.1, 0.15) is 24.8 Å². The molecule has 1 amide bonds. The van der Waals surface area contributed by atoms with Crippen molar-refractivity contribution in [3.05, 3.63) is 41.5 Å². The smallest absolute Gasteiger partial charge is 0.410 e. The summed E-state index contributed by atoms with van der Waals surface area (Å²) in [6, 6.07) is 9.58. The van der Waals surface area contributed by atoms with Gasteiger partial charge in [-0.3, -0.25) is 0 Å². The maximum Gasteiger partial charge on any atom is 0.410 e. The summed E-state index contributed by atoms with van der Waals surface area (Å²) >= 11 is 0. The molecule has 1 saturated carbocycles. The number of ether oxygens (including phenoxy) is 1. The SMILES string of the molecule is O=C=C1CN(C(=O)OCc2ccccc2)CCC12CC2. The van der Waals surface area contributed by atoms with E-state index in [1.807, 2.05) is 36.3 Å². The Hall–Kier alpha value is -2.06. The zero-order chi connectivity index (χ0) is 14.0. The van der Waals surface area contributed by atoms with Gasteiger partial charge in [-0.1, -0.05) is 30.3 Å². The molecule has 0 aromatic heterocycles. The van der Waals surface area contributed by atoms with Crippen molar-refractivity contribution < 1.29 is 14.3 Å². The predicted molar refractivity (Wildman–Crippen MR) is 73.7 cm³/mol. The topological polar surface area (TPSA) is 46.6 Å². The van der Waals surface area contributed by atoms with Crippen molar-refractivity contribution in [1.82, 2.24) is 4.90 Å². The molecule has 1 heterocycles. The van der Waals surface area contributed by atoms with E-state index in [0.717, 1.165) is 30.4 Å². The first-order chi connectivity index (χ1) is 9.73. The fourth-order valence-electron chi connectivity index (χ4n) is 2.75.